The minimum Gasteiger partial charge on any atom is -0.424 e. The normalized spacial score (nSPS) is 18.8. The number of carbonyl (C=O) groups is 3. The molecule has 152 valence electrons. The molecule has 0 N–H and O–H groups in total. The fourth-order valence-electron chi connectivity index (χ4n) is 3.58. The lowest BCUT2D eigenvalue weighted by molar-refractivity contribution is -0.133. The minimum absolute atomic E-state index is 0.0938. The first-order chi connectivity index (χ1) is 14.0. The summed E-state index contributed by atoms with van der Waals surface area (Å²) in [5.74, 6) is -0.758. The van der Waals surface area contributed by atoms with Crippen molar-refractivity contribution in [1.82, 2.24) is 9.88 Å². The van der Waals surface area contributed by atoms with Gasteiger partial charge in [-0.25, -0.2) is 9.59 Å². The van der Waals surface area contributed by atoms with Crippen molar-refractivity contribution >= 4 is 29.4 Å². The Kier molecular flexibility index (Phi) is 6.49. The van der Waals surface area contributed by atoms with Gasteiger partial charge in [-0.15, -0.1) is 0 Å². The fourth-order valence-corrected chi connectivity index (χ4v) is 3.87. The summed E-state index contributed by atoms with van der Waals surface area (Å²) in [6, 6.07) is 10.1. The highest BCUT2D eigenvalue weighted by Crippen LogP contribution is 2.42. The quantitative estimate of drug-likeness (QED) is 0.541. The van der Waals surface area contributed by atoms with Gasteiger partial charge >= 0.3 is 12.1 Å². The topological polar surface area (TPSA) is 85.8 Å². The lowest BCUT2D eigenvalue weighted by Crippen LogP contribution is -2.54. The SMILES string of the molecule is CN(C(=O)OCOC(=O)c1cccnc1)C1(c2ccccc2Cl)CCCCC1=O. The molecule has 1 saturated carbocycles. The van der Waals surface area contributed by atoms with E-state index in [0.29, 0.717) is 23.4 Å². The third-order valence-electron chi connectivity index (χ3n) is 5.09. The average Bonchev–Trinajstić information content (AvgIpc) is 2.74. The Hall–Kier alpha value is -2.93. The van der Waals surface area contributed by atoms with Gasteiger partial charge in [0.25, 0.3) is 0 Å². The third kappa shape index (κ3) is 4.24. The Labute approximate surface area is 173 Å². The van der Waals surface area contributed by atoms with E-state index in [-0.39, 0.29) is 11.3 Å². The van der Waals surface area contributed by atoms with E-state index in [1.165, 1.54) is 30.4 Å². The molecular formula is C21H21ClN2O5. The largest absolute Gasteiger partial charge is 0.424 e. The molecule has 2 aromatic rings. The second-order valence-corrected chi connectivity index (χ2v) is 7.14. The Balaban J connectivity index is 1.73. The second kappa shape index (κ2) is 9.05. The smallest absolute Gasteiger partial charge is 0.413 e. The van der Waals surface area contributed by atoms with Gasteiger partial charge < -0.3 is 9.47 Å². The molecule has 3 rings (SSSR count). The Morgan fingerprint density at radius 3 is 2.66 bits per heavy atom. The van der Waals surface area contributed by atoms with Gasteiger partial charge in [-0.1, -0.05) is 29.8 Å². The average molecular weight is 417 g/mol. The Morgan fingerprint density at radius 1 is 1.17 bits per heavy atom. The number of nitrogens with zero attached hydrogens (tertiary/aromatic N) is 2. The van der Waals surface area contributed by atoms with Crippen molar-refractivity contribution in [3.8, 4) is 0 Å². The van der Waals surface area contributed by atoms with E-state index >= 15 is 0 Å². The number of hydrogen-bond donors (Lipinski definition) is 0. The molecule has 0 saturated heterocycles. The number of ether oxygens (including phenoxy) is 2. The van der Waals surface area contributed by atoms with Crippen molar-refractivity contribution in [1.29, 1.82) is 0 Å². The summed E-state index contributed by atoms with van der Waals surface area (Å²) in [5.41, 5.74) is -0.397. The zero-order chi connectivity index (χ0) is 20.9. The number of esters is 1. The van der Waals surface area contributed by atoms with Crippen LogP contribution in [-0.4, -0.2) is 41.6 Å². The van der Waals surface area contributed by atoms with Crippen LogP contribution in [0.1, 0.15) is 41.6 Å². The highest BCUT2D eigenvalue weighted by Gasteiger charge is 2.48. The first-order valence-electron chi connectivity index (χ1n) is 9.23. The molecule has 1 aliphatic rings. The standard InChI is InChI=1S/C21H21ClN2O5/c1-24(20(27)29-14-28-19(26)15-7-6-12-23-13-15)21(11-5-4-10-18(21)25)16-8-2-3-9-17(16)22/h2-3,6-9,12-13H,4-5,10-11,14H2,1H3. The molecule has 8 heteroatoms. The van der Waals surface area contributed by atoms with Crippen LogP contribution in [-0.2, 0) is 19.8 Å². The predicted molar refractivity (Wildman–Crippen MR) is 105 cm³/mol. The fraction of sp³-hybridized carbons (Fsp3) is 0.333. The molecule has 1 aromatic carbocycles. The molecule has 0 radical (unpaired) electrons. The van der Waals surface area contributed by atoms with Crippen LogP contribution in [0.5, 0.6) is 0 Å². The highest BCUT2D eigenvalue weighted by molar-refractivity contribution is 6.31. The summed E-state index contributed by atoms with van der Waals surface area (Å²) < 4.78 is 10.1. The number of pyridine rings is 1. The predicted octanol–water partition coefficient (Wildman–Crippen LogP) is 3.96. The van der Waals surface area contributed by atoms with Crippen LogP contribution in [0, 0.1) is 0 Å². The lowest BCUT2D eigenvalue weighted by Gasteiger charge is -2.43. The van der Waals surface area contributed by atoms with Crippen LogP contribution in [0.4, 0.5) is 4.79 Å². The van der Waals surface area contributed by atoms with Gasteiger partial charge in [-0.05, 0) is 37.5 Å². The number of likely N-dealkylation sites (N-methyl/N-ethyl adjacent to an activating group) is 1. The van der Waals surface area contributed by atoms with Crippen molar-refractivity contribution in [2.45, 2.75) is 31.2 Å². The van der Waals surface area contributed by atoms with Gasteiger partial charge in [-0.2, -0.15) is 0 Å². The lowest BCUT2D eigenvalue weighted by atomic mass is 9.74. The number of hydrogen-bond acceptors (Lipinski definition) is 6. The first-order valence-corrected chi connectivity index (χ1v) is 9.60. The molecule has 1 aliphatic carbocycles. The van der Waals surface area contributed by atoms with Crippen molar-refractivity contribution in [3.63, 3.8) is 0 Å². The number of aromatic nitrogens is 1. The summed E-state index contributed by atoms with van der Waals surface area (Å²) in [4.78, 5) is 42.7. The van der Waals surface area contributed by atoms with Crippen LogP contribution in [0.25, 0.3) is 0 Å². The van der Waals surface area contributed by atoms with Crippen LogP contribution in [0.2, 0.25) is 5.02 Å². The van der Waals surface area contributed by atoms with Crippen LogP contribution in [0.3, 0.4) is 0 Å². The van der Waals surface area contributed by atoms with Crippen molar-refractivity contribution in [3.05, 3.63) is 64.9 Å². The van der Waals surface area contributed by atoms with E-state index in [1.807, 2.05) is 0 Å². The number of amides is 1. The van der Waals surface area contributed by atoms with Gasteiger partial charge in [0, 0.05) is 36.4 Å². The summed E-state index contributed by atoms with van der Waals surface area (Å²) >= 11 is 6.37. The van der Waals surface area contributed by atoms with Gasteiger partial charge in [0.15, 0.2) is 5.78 Å². The Morgan fingerprint density at radius 2 is 1.97 bits per heavy atom. The molecule has 1 unspecified atom stereocenters. The van der Waals surface area contributed by atoms with Gasteiger partial charge in [0.1, 0.15) is 5.54 Å². The maximum atomic E-state index is 13.0. The molecule has 0 spiro atoms. The molecular weight excluding hydrogens is 396 g/mol. The third-order valence-corrected chi connectivity index (χ3v) is 5.42. The van der Waals surface area contributed by atoms with Gasteiger partial charge in [-0.3, -0.25) is 14.7 Å². The zero-order valence-electron chi connectivity index (χ0n) is 16.0. The minimum atomic E-state index is -1.21. The van der Waals surface area contributed by atoms with Crippen molar-refractivity contribution < 1.29 is 23.9 Å². The summed E-state index contributed by atoms with van der Waals surface area (Å²) in [6.07, 6.45) is 4.42. The monoisotopic (exact) mass is 416 g/mol. The molecule has 7 nitrogen and oxygen atoms in total. The number of carbonyl (C=O) groups excluding carboxylic acids is 3. The maximum Gasteiger partial charge on any atom is 0.413 e. The van der Waals surface area contributed by atoms with E-state index in [4.69, 9.17) is 21.1 Å². The number of Topliss-reactive ketones (excluding diaryl/α,β-unsaturated/α-hetero) is 1. The Bertz CT molecular complexity index is 905. The first kappa shape index (κ1) is 20.8. The van der Waals surface area contributed by atoms with Crippen molar-refractivity contribution in [2.75, 3.05) is 13.8 Å². The molecule has 29 heavy (non-hydrogen) atoms. The van der Waals surface area contributed by atoms with Gasteiger partial charge in [0.05, 0.1) is 5.56 Å². The molecule has 0 aliphatic heterocycles. The maximum absolute atomic E-state index is 13.0. The van der Waals surface area contributed by atoms with E-state index in [0.717, 1.165) is 12.8 Å². The number of benzene rings is 1. The number of halogens is 1. The van der Waals surface area contributed by atoms with Crippen LogP contribution >= 0.6 is 11.6 Å². The highest BCUT2D eigenvalue weighted by atomic mass is 35.5. The van der Waals surface area contributed by atoms with E-state index in [1.54, 1.807) is 30.3 Å². The van der Waals surface area contributed by atoms with E-state index in [2.05, 4.69) is 4.98 Å². The second-order valence-electron chi connectivity index (χ2n) is 6.73. The molecule has 1 aromatic heterocycles. The molecule has 1 amide bonds. The molecule has 0 bridgehead atoms. The number of rotatable bonds is 5. The van der Waals surface area contributed by atoms with Gasteiger partial charge in [0.2, 0.25) is 6.79 Å². The zero-order valence-corrected chi connectivity index (χ0v) is 16.7. The molecule has 1 atom stereocenters. The summed E-state index contributed by atoms with van der Waals surface area (Å²) in [6.45, 7) is -0.580. The summed E-state index contributed by atoms with van der Waals surface area (Å²) in [5, 5.41) is 0.408. The van der Waals surface area contributed by atoms with Crippen LogP contribution < -0.4 is 0 Å². The number of ketones is 1. The van der Waals surface area contributed by atoms with Crippen LogP contribution in [0.15, 0.2) is 48.8 Å². The molecule has 1 heterocycles. The van der Waals surface area contributed by atoms with E-state index in [9.17, 15) is 14.4 Å². The van der Waals surface area contributed by atoms with Crippen molar-refractivity contribution in [2.24, 2.45) is 0 Å². The molecule has 1 fully saturated rings. The summed E-state index contributed by atoms with van der Waals surface area (Å²) in [7, 11) is 1.50. The van der Waals surface area contributed by atoms with E-state index < -0.39 is 24.4 Å².